The lowest BCUT2D eigenvalue weighted by Crippen LogP contribution is -2.68. The summed E-state index contributed by atoms with van der Waals surface area (Å²) in [7, 11) is 0. The zero-order valence-corrected chi connectivity index (χ0v) is 56.1. The van der Waals surface area contributed by atoms with Gasteiger partial charge < -0.3 is 184 Å². The zero-order chi connectivity index (χ0) is 74.0. The summed E-state index contributed by atoms with van der Waals surface area (Å²) in [5, 5.41) is 249. The summed E-state index contributed by atoms with van der Waals surface area (Å²) in [6.45, 7) is 5.65. The molecular weight excluding hydrogens is 1360 g/mol. The maximum absolute atomic E-state index is 15.6. The van der Waals surface area contributed by atoms with Gasteiger partial charge in [-0.2, -0.15) is 0 Å². The SMILES string of the molecule is C=C1C[C@@]2(C)CCC3[C@](C)(C(=O)OC4OC(CO)C(O)C(OC5OC(CO)C(O)C(O)C5O)C4OC4OC(CO)C(O)C(O)C4O)CCC[C@@]3(C)[C@@H]2CC[C@@]1(C)OC1OC(COC2OC(CO)C(O)C(O)C2O)C(O)C(OC2OC(CO)C(O)C(O)C2O)C1OC1OC(CO)C(O)C(O)C1O. The van der Waals surface area contributed by atoms with Gasteiger partial charge >= 0.3 is 5.97 Å². The minimum absolute atomic E-state index is 0.0720. The van der Waals surface area contributed by atoms with Gasteiger partial charge in [0.2, 0.25) is 6.29 Å². The number of ether oxygens (including phenoxy) is 14. The minimum atomic E-state index is -2.14. The minimum Gasteiger partial charge on any atom is -0.432 e. The molecule has 0 aromatic rings. The van der Waals surface area contributed by atoms with Gasteiger partial charge in [-0.15, -0.1) is 0 Å². The molecule has 0 radical (unpaired) electrons. The normalized spacial score (nSPS) is 53.7. The molecule has 36 unspecified atom stereocenters. The Morgan fingerprint density at radius 3 is 1.14 bits per heavy atom. The number of esters is 1. The summed E-state index contributed by atoms with van der Waals surface area (Å²) in [5.74, 6) is -1.76. The van der Waals surface area contributed by atoms with Crippen molar-refractivity contribution in [3.63, 3.8) is 0 Å². The van der Waals surface area contributed by atoms with Gasteiger partial charge in [-0.25, -0.2) is 0 Å². The fourth-order valence-corrected chi connectivity index (χ4v) is 17.1. The largest absolute Gasteiger partial charge is 0.432 e. The summed E-state index contributed by atoms with van der Waals surface area (Å²) < 4.78 is 85.2. The molecule has 0 amide bonds. The topological polar surface area (TPSA) is 612 Å². The summed E-state index contributed by atoms with van der Waals surface area (Å²) in [4.78, 5) is 15.6. The van der Waals surface area contributed by atoms with Gasteiger partial charge in [-0.05, 0) is 87.0 Å². The highest BCUT2D eigenvalue weighted by molar-refractivity contribution is 5.77. The van der Waals surface area contributed by atoms with Crippen molar-refractivity contribution in [1.82, 2.24) is 0 Å². The van der Waals surface area contributed by atoms with Gasteiger partial charge in [0.1, 0.15) is 165 Å². The van der Waals surface area contributed by atoms with E-state index in [-0.39, 0.29) is 25.2 Å². The quantitative estimate of drug-likeness (QED) is 0.0375. The monoisotopic (exact) mass is 1470 g/mol. The first-order chi connectivity index (χ1) is 47.6. The van der Waals surface area contributed by atoms with E-state index in [1.54, 1.807) is 13.8 Å². The number of rotatable bonds is 21. The number of carbonyl (C=O) groups excluding carboxylic acids is 1. The summed E-state index contributed by atoms with van der Waals surface area (Å²) >= 11 is 0. The maximum Gasteiger partial charge on any atom is 0.314 e. The molecule has 0 spiro atoms. The van der Waals surface area contributed by atoms with Crippen LogP contribution in [0.15, 0.2) is 12.2 Å². The van der Waals surface area contributed by atoms with E-state index in [2.05, 4.69) is 13.5 Å². The molecule has 10 fully saturated rings. The molecule has 101 heavy (non-hydrogen) atoms. The third-order valence-electron chi connectivity index (χ3n) is 23.2. The molecule has 0 aromatic heterocycles. The van der Waals surface area contributed by atoms with Crippen LogP contribution in [0.1, 0.15) is 79.1 Å². The Bertz CT molecular complexity index is 2700. The average Bonchev–Trinajstić information content (AvgIpc) is 1.70. The van der Waals surface area contributed by atoms with Gasteiger partial charge in [0, 0.05) is 0 Å². The summed E-state index contributed by atoms with van der Waals surface area (Å²) in [6.07, 6.45) is -64.6. The number of aliphatic hydroxyl groups is 23. The molecule has 7 aliphatic heterocycles. The van der Waals surface area contributed by atoms with Crippen LogP contribution in [-0.4, -0.2) is 390 Å². The maximum atomic E-state index is 15.6. The second-order valence-electron chi connectivity index (χ2n) is 29.6. The number of fused-ring (bicyclic) bond motifs is 3. The smallest absolute Gasteiger partial charge is 0.314 e. The van der Waals surface area contributed by atoms with Crippen LogP contribution in [0.5, 0.6) is 0 Å². The summed E-state index contributed by atoms with van der Waals surface area (Å²) in [5.41, 5.74) is -3.97. The van der Waals surface area contributed by atoms with Crippen molar-refractivity contribution in [3.8, 4) is 0 Å². The van der Waals surface area contributed by atoms with E-state index < -0.39 is 295 Å². The standard InChI is InChI=1S/C63H104O38/c1-21-13-60(2)11-7-30-61(3,9-6-10-62(30,4)59(87)100-57-50(98-55-46(85)41(80)34(73)25(17-67)92-55)48(36(75)27(19-69)94-57)96-53-44(83)39(78)32(71)23(15-65)90-53)29(60)8-12-63(21,5)101-58-51(99-56-47(86)42(81)35(74)26(18-68)93-56)49(97-54-45(84)40(79)33(72)24(16-66)91-54)37(76)28(95-58)20-88-52-43(82)38(77)31(70)22(14-64)89-52/h22-58,64-86H,1,6-20H2,2-5H3/t22?,23?,24?,25?,26?,27?,28?,29-,30?,31?,32?,33?,34?,35?,36?,37?,38?,39?,40?,41?,42?,43?,44?,45?,46?,47?,48?,49?,50?,51?,52?,53?,54?,55?,56?,57?,58?,60-,61+,62-,63-/m1/s1. The average molecular weight is 1470 g/mol. The second-order valence-corrected chi connectivity index (χ2v) is 29.6. The van der Waals surface area contributed by atoms with Crippen LogP contribution in [0.4, 0.5) is 0 Å². The Hall–Kier alpha value is -2.23. The Labute approximate surface area is 579 Å². The van der Waals surface area contributed by atoms with Crippen LogP contribution >= 0.6 is 0 Å². The van der Waals surface area contributed by atoms with Gasteiger partial charge in [0.25, 0.3) is 0 Å². The molecule has 10 rings (SSSR count). The van der Waals surface area contributed by atoms with Crippen molar-refractivity contribution in [2.45, 2.75) is 300 Å². The van der Waals surface area contributed by atoms with Crippen molar-refractivity contribution in [2.24, 2.45) is 28.1 Å². The molecular formula is C63H104O38. The molecule has 38 heteroatoms. The molecule has 7 heterocycles. The van der Waals surface area contributed by atoms with E-state index >= 15 is 4.79 Å². The highest BCUT2D eigenvalue weighted by Gasteiger charge is 2.66. The number of aliphatic hydroxyl groups excluding tert-OH is 23. The first-order valence-corrected chi connectivity index (χ1v) is 34.2. The van der Waals surface area contributed by atoms with E-state index in [1.165, 1.54) is 0 Å². The highest BCUT2D eigenvalue weighted by atomic mass is 16.8. The fraction of sp³-hybridized carbons (Fsp3) is 0.952. The number of hydrogen-bond donors (Lipinski definition) is 23. The van der Waals surface area contributed by atoms with Crippen molar-refractivity contribution in [3.05, 3.63) is 12.2 Å². The van der Waals surface area contributed by atoms with Crippen molar-refractivity contribution >= 4 is 5.97 Å². The first kappa shape index (κ1) is 81.3. The molecule has 0 aromatic carbocycles. The molecule has 23 N–H and O–H groups in total. The fourth-order valence-electron chi connectivity index (χ4n) is 17.1. The van der Waals surface area contributed by atoms with Crippen molar-refractivity contribution < 1.29 is 189 Å². The van der Waals surface area contributed by atoms with Gasteiger partial charge in [-0.1, -0.05) is 26.8 Å². The van der Waals surface area contributed by atoms with Crippen LogP contribution in [0.3, 0.4) is 0 Å². The third-order valence-corrected chi connectivity index (χ3v) is 23.2. The van der Waals surface area contributed by atoms with Crippen LogP contribution in [0.2, 0.25) is 0 Å². The Kier molecular flexibility index (Phi) is 26.2. The Morgan fingerprint density at radius 1 is 0.386 bits per heavy atom. The highest BCUT2D eigenvalue weighted by Crippen LogP contribution is 2.68. The second kappa shape index (κ2) is 32.5. The molecule has 584 valence electrons. The lowest BCUT2D eigenvalue weighted by molar-refractivity contribution is -0.401. The van der Waals surface area contributed by atoms with Crippen LogP contribution < -0.4 is 0 Å². The van der Waals surface area contributed by atoms with Crippen molar-refractivity contribution in [1.29, 1.82) is 0 Å². The molecule has 10 aliphatic rings. The first-order valence-electron chi connectivity index (χ1n) is 34.2. The molecule has 7 saturated heterocycles. The van der Waals surface area contributed by atoms with Crippen LogP contribution in [0.25, 0.3) is 0 Å². The van der Waals surface area contributed by atoms with Crippen molar-refractivity contribution in [2.75, 3.05) is 46.2 Å². The molecule has 3 saturated carbocycles. The number of hydrogen-bond acceptors (Lipinski definition) is 38. The molecule has 0 bridgehead atoms. The van der Waals surface area contributed by atoms with Gasteiger partial charge in [0.05, 0.1) is 57.3 Å². The van der Waals surface area contributed by atoms with E-state index in [0.29, 0.717) is 37.7 Å². The van der Waals surface area contributed by atoms with Crippen LogP contribution in [0, 0.1) is 28.1 Å². The molecule has 41 atom stereocenters. The Morgan fingerprint density at radius 2 is 0.723 bits per heavy atom. The molecule has 38 nitrogen and oxygen atoms in total. The predicted octanol–water partition coefficient (Wildman–Crippen LogP) is -11.0. The van der Waals surface area contributed by atoms with E-state index in [0.717, 1.165) is 0 Å². The van der Waals surface area contributed by atoms with E-state index in [4.69, 9.17) is 66.3 Å². The lowest BCUT2D eigenvalue weighted by atomic mass is 9.42. The Balaban J connectivity index is 0.958. The third kappa shape index (κ3) is 15.5. The van der Waals surface area contributed by atoms with E-state index in [9.17, 15) is 117 Å². The van der Waals surface area contributed by atoms with Crippen LogP contribution in [-0.2, 0) is 71.1 Å². The molecule has 3 aliphatic carbocycles. The van der Waals surface area contributed by atoms with Gasteiger partial charge in [-0.3, -0.25) is 4.79 Å². The van der Waals surface area contributed by atoms with Gasteiger partial charge in [0.15, 0.2) is 43.8 Å². The lowest BCUT2D eigenvalue weighted by Gasteiger charge is -2.62. The predicted molar refractivity (Wildman–Crippen MR) is 324 cm³/mol. The van der Waals surface area contributed by atoms with E-state index in [1.807, 2.05) is 6.92 Å². The summed E-state index contributed by atoms with van der Waals surface area (Å²) in [6, 6.07) is 0. The number of carbonyl (C=O) groups is 1. The zero-order valence-electron chi connectivity index (χ0n) is 56.1.